The van der Waals surface area contributed by atoms with E-state index in [9.17, 15) is 22.0 Å². The van der Waals surface area contributed by atoms with E-state index in [1.54, 1.807) is 23.9 Å². The van der Waals surface area contributed by atoms with Gasteiger partial charge in [-0.2, -0.15) is 0 Å². The average molecular weight is 431 g/mol. The van der Waals surface area contributed by atoms with Gasteiger partial charge < -0.3 is 14.3 Å². The predicted octanol–water partition coefficient (Wildman–Crippen LogP) is 3.25. The molecule has 2 aromatic carbocycles. The Hall–Kier alpha value is -3.50. The summed E-state index contributed by atoms with van der Waals surface area (Å²) in [6.45, 7) is 0. The van der Waals surface area contributed by atoms with E-state index in [1.807, 2.05) is 0 Å². The van der Waals surface area contributed by atoms with E-state index in [4.69, 9.17) is 9.88 Å². The van der Waals surface area contributed by atoms with Crippen LogP contribution in [0.5, 0.6) is 11.5 Å². The topological polar surface area (TPSA) is 107 Å². The van der Waals surface area contributed by atoms with Crippen LogP contribution >= 0.6 is 0 Å². The smallest absolute Gasteiger partial charge is 0.272 e. The van der Waals surface area contributed by atoms with Crippen molar-refractivity contribution in [2.24, 2.45) is 12.2 Å². The van der Waals surface area contributed by atoms with Crippen LogP contribution in [0.1, 0.15) is 0 Å². The van der Waals surface area contributed by atoms with Crippen LogP contribution < -0.4 is 15.4 Å². The number of halogens is 2. The van der Waals surface area contributed by atoms with Gasteiger partial charge in [0.15, 0.2) is 11.6 Å². The molecule has 0 atom stereocenters. The van der Waals surface area contributed by atoms with Crippen molar-refractivity contribution in [3.8, 4) is 22.6 Å². The molecule has 2 aromatic heterocycles. The highest BCUT2D eigenvalue weighted by atomic mass is 32.2. The highest BCUT2D eigenvalue weighted by Crippen LogP contribution is 2.39. The molecule has 0 unspecified atom stereocenters. The van der Waals surface area contributed by atoms with Gasteiger partial charge in [0.2, 0.25) is 10.0 Å². The van der Waals surface area contributed by atoms with Crippen LogP contribution in [0.2, 0.25) is 0 Å². The maximum Gasteiger partial charge on any atom is 0.272 e. The van der Waals surface area contributed by atoms with E-state index in [0.29, 0.717) is 22.5 Å². The number of primary sulfonamides is 1. The molecule has 0 aliphatic rings. The number of sulfonamides is 1. The molecular formula is C20H15F2N3O4S. The minimum absolute atomic E-state index is 0.0979. The van der Waals surface area contributed by atoms with Crippen molar-refractivity contribution in [3.05, 3.63) is 76.8 Å². The van der Waals surface area contributed by atoms with Gasteiger partial charge in [0.1, 0.15) is 17.1 Å². The maximum atomic E-state index is 14.1. The molecule has 0 bridgehead atoms. The second-order valence-electron chi connectivity index (χ2n) is 6.60. The molecule has 10 heteroatoms. The highest BCUT2D eigenvalue weighted by Gasteiger charge is 2.19. The van der Waals surface area contributed by atoms with Crippen LogP contribution in [0.25, 0.3) is 22.0 Å². The van der Waals surface area contributed by atoms with Gasteiger partial charge in [-0.3, -0.25) is 4.79 Å². The summed E-state index contributed by atoms with van der Waals surface area (Å²) in [5.41, 5.74) is 0.756. The van der Waals surface area contributed by atoms with E-state index in [2.05, 4.69) is 4.98 Å². The first-order chi connectivity index (χ1) is 14.1. The number of nitrogens with two attached hydrogens (primary N) is 1. The first-order valence-corrected chi connectivity index (χ1v) is 10.2. The number of ether oxygens (including phenoxy) is 1. The molecule has 0 aliphatic carbocycles. The van der Waals surface area contributed by atoms with E-state index >= 15 is 0 Å². The lowest BCUT2D eigenvalue weighted by molar-refractivity contribution is 0.438. The summed E-state index contributed by atoms with van der Waals surface area (Å²) in [4.78, 5) is 14.6. The number of aromatic nitrogens is 2. The van der Waals surface area contributed by atoms with Gasteiger partial charge in [0, 0.05) is 42.0 Å². The quantitative estimate of drug-likeness (QED) is 0.517. The van der Waals surface area contributed by atoms with Gasteiger partial charge in [-0.1, -0.05) is 0 Å². The Morgan fingerprint density at radius 2 is 1.77 bits per heavy atom. The second kappa shape index (κ2) is 7.08. The minimum atomic E-state index is -4.05. The Morgan fingerprint density at radius 3 is 2.47 bits per heavy atom. The SMILES string of the molecule is Cn1cc(-c2cc(S(N)(=O)=O)ccc2Oc2ccc(F)cc2F)c2cc[nH]c(=O)c21. The molecule has 0 amide bonds. The number of benzene rings is 2. The Kier molecular flexibility index (Phi) is 4.67. The van der Waals surface area contributed by atoms with Gasteiger partial charge in [-0.25, -0.2) is 22.3 Å². The zero-order valence-electron chi connectivity index (χ0n) is 15.5. The molecule has 0 saturated carbocycles. The molecule has 4 aromatic rings. The summed E-state index contributed by atoms with van der Waals surface area (Å²) in [6.07, 6.45) is 3.08. The fourth-order valence-corrected chi connectivity index (χ4v) is 3.78. The van der Waals surface area contributed by atoms with E-state index in [0.717, 1.165) is 12.1 Å². The number of rotatable bonds is 4. The van der Waals surface area contributed by atoms with E-state index < -0.39 is 21.7 Å². The molecule has 0 spiro atoms. The molecule has 7 nitrogen and oxygen atoms in total. The van der Waals surface area contributed by atoms with Gasteiger partial charge in [-0.05, 0) is 36.4 Å². The lowest BCUT2D eigenvalue weighted by Crippen LogP contribution is -2.12. The standard InChI is InChI=1S/C20H15F2N3O4S/c1-25-10-15(13-6-7-24-20(26)19(13)25)14-9-12(30(23,27)28)3-5-17(14)29-18-4-2-11(21)8-16(18)22/h2-10H,1H3,(H,24,26)(H2,23,27,28). The largest absolute Gasteiger partial charge is 0.454 e. The monoisotopic (exact) mass is 431 g/mol. The maximum absolute atomic E-state index is 14.1. The lowest BCUT2D eigenvalue weighted by Gasteiger charge is -2.13. The van der Waals surface area contributed by atoms with Gasteiger partial charge in [0.25, 0.3) is 5.56 Å². The molecule has 0 fully saturated rings. The van der Waals surface area contributed by atoms with Crippen LogP contribution in [-0.2, 0) is 17.1 Å². The van der Waals surface area contributed by atoms with Gasteiger partial charge in [-0.15, -0.1) is 0 Å². The fraction of sp³-hybridized carbons (Fsp3) is 0.0500. The summed E-state index contributed by atoms with van der Waals surface area (Å²) in [7, 11) is -2.39. The molecule has 3 N–H and O–H groups in total. The third-order valence-corrected chi connectivity index (χ3v) is 5.49. The van der Waals surface area contributed by atoms with Crippen LogP contribution in [0.15, 0.2) is 64.5 Å². The third-order valence-electron chi connectivity index (χ3n) is 4.58. The van der Waals surface area contributed by atoms with Crippen molar-refractivity contribution in [3.63, 3.8) is 0 Å². The van der Waals surface area contributed by atoms with Crippen LogP contribution in [0, 0.1) is 11.6 Å². The van der Waals surface area contributed by atoms with Gasteiger partial charge >= 0.3 is 0 Å². The normalized spacial score (nSPS) is 11.7. The molecule has 0 saturated heterocycles. The van der Waals surface area contributed by atoms with Crippen molar-refractivity contribution >= 4 is 20.9 Å². The Labute approximate surface area is 169 Å². The van der Waals surface area contributed by atoms with Crippen molar-refractivity contribution in [2.45, 2.75) is 4.90 Å². The lowest BCUT2D eigenvalue weighted by atomic mass is 10.0. The number of aromatic amines is 1. The van der Waals surface area contributed by atoms with Crippen LogP contribution in [0.3, 0.4) is 0 Å². The number of H-pyrrole nitrogens is 1. The third kappa shape index (κ3) is 3.46. The number of nitrogens with zero attached hydrogens (tertiary/aromatic N) is 1. The zero-order chi connectivity index (χ0) is 21.6. The van der Waals surface area contributed by atoms with Crippen molar-refractivity contribution in [1.29, 1.82) is 0 Å². The first kappa shape index (κ1) is 19.8. The Bertz CT molecular complexity index is 1460. The summed E-state index contributed by atoms with van der Waals surface area (Å²) in [6, 6.07) is 8.30. The Balaban J connectivity index is 1.98. The molecule has 154 valence electrons. The highest BCUT2D eigenvalue weighted by molar-refractivity contribution is 7.89. The summed E-state index contributed by atoms with van der Waals surface area (Å²) in [5, 5.41) is 5.78. The number of aryl methyl sites for hydroxylation is 1. The minimum Gasteiger partial charge on any atom is -0.454 e. The van der Waals surface area contributed by atoms with Crippen LogP contribution in [0.4, 0.5) is 8.78 Å². The number of hydrogen-bond donors (Lipinski definition) is 2. The summed E-state index contributed by atoms with van der Waals surface area (Å²) in [5.74, 6) is -1.84. The van der Waals surface area contributed by atoms with Crippen LogP contribution in [-0.4, -0.2) is 18.0 Å². The number of fused-ring (bicyclic) bond motifs is 1. The Morgan fingerprint density at radius 1 is 1.03 bits per heavy atom. The molecule has 2 heterocycles. The predicted molar refractivity (Wildman–Crippen MR) is 107 cm³/mol. The van der Waals surface area contributed by atoms with Crippen molar-refractivity contribution in [2.75, 3.05) is 0 Å². The zero-order valence-corrected chi connectivity index (χ0v) is 16.3. The van der Waals surface area contributed by atoms with Crippen molar-refractivity contribution < 1.29 is 21.9 Å². The molecular weight excluding hydrogens is 416 g/mol. The number of hydrogen-bond acceptors (Lipinski definition) is 4. The first-order valence-electron chi connectivity index (χ1n) is 8.62. The molecule has 30 heavy (non-hydrogen) atoms. The molecule has 0 aliphatic heterocycles. The number of nitrogens with one attached hydrogen (secondary N) is 1. The average Bonchev–Trinajstić information content (AvgIpc) is 3.01. The summed E-state index contributed by atoms with van der Waals surface area (Å²) < 4.78 is 58.3. The van der Waals surface area contributed by atoms with E-state index in [-0.39, 0.29) is 27.5 Å². The van der Waals surface area contributed by atoms with Crippen molar-refractivity contribution in [1.82, 2.24) is 9.55 Å². The molecule has 0 radical (unpaired) electrons. The van der Waals surface area contributed by atoms with E-state index in [1.165, 1.54) is 24.4 Å². The fourth-order valence-electron chi connectivity index (χ4n) is 3.24. The second-order valence-corrected chi connectivity index (χ2v) is 8.16. The van der Waals surface area contributed by atoms with Gasteiger partial charge in [0.05, 0.1) is 4.90 Å². The summed E-state index contributed by atoms with van der Waals surface area (Å²) >= 11 is 0. The molecule has 4 rings (SSSR count). The number of pyridine rings is 1.